The van der Waals surface area contributed by atoms with E-state index in [0.29, 0.717) is 20.2 Å². The number of carbonyl (C=O) groups excluding carboxylic acids is 1. The number of aryl methyl sites for hydroxylation is 2. The Hall–Kier alpha value is -0.910. The average Bonchev–Trinajstić information content (AvgIpc) is 2.72. The third kappa shape index (κ3) is 3.16. The number of carbonyl (C=O) groups is 1. The molecule has 0 saturated carbocycles. The van der Waals surface area contributed by atoms with Crippen LogP contribution in [0.15, 0.2) is 22.7 Å². The predicted octanol–water partition coefficient (Wildman–Crippen LogP) is 4.68. The topological polar surface area (TPSA) is 42.0 Å². The second-order valence-electron chi connectivity index (χ2n) is 3.93. The van der Waals surface area contributed by atoms with Gasteiger partial charge in [-0.3, -0.25) is 10.1 Å². The molecule has 0 aliphatic rings. The number of hydrogen-bond donors (Lipinski definition) is 1. The molecule has 0 aliphatic heterocycles. The summed E-state index contributed by atoms with van der Waals surface area (Å²) in [6.07, 6.45) is 0.857. The van der Waals surface area contributed by atoms with E-state index in [1.54, 1.807) is 18.2 Å². The molecule has 1 aromatic heterocycles. The van der Waals surface area contributed by atoms with Crippen molar-refractivity contribution in [3.8, 4) is 0 Å². The smallest absolute Gasteiger partial charge is 0.258 e. The van der Waals surface area contributed by atoms with Crippen molar-refractivity contribution in [3.05, 3.63) is 43.8 Å². The normalized spacial score (nSPS) is 10.5. The highest BCUT2D eigenvalue weighted by molar-refractivity contribution is 9.10. The maximum Gasteiger partial charge on any atom is 0.258 e. The van der Waals surface area contributed by atoms with Crippen molar-refractivity contribution in [2.24, 2.45) is 0 Å². The summed E-state index contributed by atoms with van der Waals surface area (Å²) < 4.78 is 0.700. The summed E-state index contributed by atoms with van der Waals surface area (Å²) >= 11 is 10.9. The molecule has 1 heterocycles. The van der Waals surface area contributed by atoms with E-state index in [9.17, 15) is 4.79 Å². The Balaban J connectivity index is 2.23. The molecule has 1 aromatic carbocycles. The van der Waals surface area contributed by atoms with Crippen molar-refractivity contribution in [3.63, 3.8) is 0 Å². The zero-order valence-corrected chi connectivity index (χ0v) is 13.6. The Morgan fingerprint density at radius 3 is 2.89 bits per heavy atom. The third-order valence-electron chi connectivity index (χ3n) is 2.64. The van der Waals surface area contributed by atoms with Crippen LogP contribution in [0.25, 0.3) is 0 Å². The fraction of sp³-hybridized carbons (Fsp3) is 0.231. The number of anilines is 1. The molecule has 2 rings (SSSR count). The second kappa shape index (κ2) is 6.03. The number of benzene rings is 1. The van der Waals surface area contributed by atoms with E-state index in [2.05, 4.69) is 26.2 Å². The molecule has 19 heavy (non-hydrogen) atoms. The first-order valence-electron chi connectivity index (χ1n) is 5.74. The fourth-order valence-corrected chi connectivity index (χ4v) is 3.13. The van der Waals surface area contributed by atoms with Crippen molar-refractivity contribution in [1.29, 1.82) is 0 Å². The molecule has 1 amide bonds. The number of nitrogens with one attached hydrogen (secondary N) is 1. The Morgan fingerprint density at radius 1 is 1.53 bits per heavy atom. The van der Waals surface area contributed by atoms with E-state index in [0.717, 1.165) is 17.0 Å². The monoisotopic (exact) mass is 358 g/mol. The summed E-state index contributed by atoms with van der Waals surface area (Å²) in [5.41, 5.74) is 1.45. The van der Waals surface area contributed by atoms with Gasteiger partial charge in [0.2, 0.25) is 0 Å². The van der Waals surface area contributed by atoms with E-state index >= 15 is 0 Å². The molecule has 100 valence electrons. The lowest BCUT2D eigenvalue weighted by molar-refractivity contribution is 0.102. The molecule has 0 radical (unpaired) electrons. The Labute approximate surface area is 129 Å². The van der Waals surface area contributed by atoms with Crippen LogP contribution in [-0.2, 0) is 6.42 Å². The van der Waals surface area contributed by atoms with Crippen LogP contribution >= 0.6 is 38.9 Å². The van der Waals surface area contributed by atoms with Gasteiger partial charge in [-0.25, -0.2) is 4.98 Å². The van der Waals surface area contributed by atoms with Crippen LogP contribution in [0.3, 0.4) is 0 Å². The van der Waals surface area contributed by atoms with Gasteiger partial charge < -0.3 is 0 Å². The third-order valence-corrected chi connectivity index (χ3v) is 4.87. The zero-order chi connectivity index (χ0) is 14.0. The van der Waals surface area contributed by atoms with Gasteiger partial charge in [-0.05, 0) is 41.4 Å². The minimum Gasteiger partial charge on any atom is -0.298 e. The number of nitrogens with zero attached hydrogens (tertiary/aromatic N) is 1. The van der Waals surface area contributed by atoms with Gasteiger partial charge in [-0.2, -0.15) is 0 Å². The number of thiazole rings is 1. The summed E-state index contributed by atoms with van der Waals surface area (Å²) in [4.78, 5) is 17.6. The molecular weight excluding hydrogens is 348 g/mol. The van der Waals surface area contributed by atoms with Gasteiger partial charge in [0, 0.05) is 9.35 Å². The molecule has 6 heteroatoms. The predicted molar refractivity (Wildman–Crippen MR) is 83.3 cm³/mol. The molecule has 0 aliphatic carbocycles. The van der Waals surface area contributed by atoms with Crippen LogP contribution in [-0.4, -0.2) is 10.9 Å². The van der Waals surface area contributed by atoms with E-state index < -0.39 is 0 Å². The molecule has 2 aromatic rings. The van der Waals surface area contributed by atoms with E-state index in [-0.39, 0.29) is 5.91 Å². The molecule has 1 N–H and O–H groups in total. The number of aromatic nitrogens is 1. The van der Waals surface area contributed by atoms with Gasteiger partial charge in [-0.15, -0.1) is 11.3 Å². The summed E-state index contributed by atoms with van der Waals surface area (Å²) in [5.74, 6) is -0.247. The first-order chi connectivity index (χ1) is 9.02. The molecule has 0 spiro atoms. The quantitative estimate of drug-likeness (QED) is 0.864. The molecule has 0 atom stereocenters. The zero-order valence-electron chi connectivity index (χ0n) is 10.5. The van der Waals surface area contributed by atoms with Crippen LogP contribution in [0, 0.1) is 6.92 Å². The van der Waals surface area contributed by atoms with Crippen molar-refractivity contribution < 1.29 is 4.79 Å². The second-order valence-corrected chi connectivity index (χ2v) is 6.37. The molecular formula is C13H12BrClN2OS. The van der Waals surface area contributed by atoms with Crippen molar-refractivity contribution >= 4 is 49.9 Å². The minimum absolute atomic E-state index is 0.247. The molecule has 0 bridgehead atoms. The highest BCUT2D eigenvalue weighted by atomic mass is 79.9. The van der Waals surface area contributed by atoms with Gasteiger partial charge in [0.25, 0.3) is 5.91 Å². The van der Waals surface area contributed by atoms with Gasteiger partial charge in [-0.1, -0.05) is 24.6 Å². The lowest BCUT2D eigenvalue weighted by Gasteiger charge is -2.05. The Bertz CT molecular complexity index is 627. The molecule has 0 saturated heterocycles. The highest BCUT2D eigenvalue weighted by Crippen LogP contribution is 2.28. The van der Waals surface area contributed by atoms with Gasteiger partial charge in [0.05, 0.1) is 16.3 Å². The maximum absolute atomic E-state index is 12.1. The minimum atomic E-state index is -0.247. The summed E-state index contributed by atoms with van der Waals surface area (Å²) in [5, 5.41) is 3.80. The van der Waals surface area contributed by atoms with Crippen LogP contribution in [0.4, 0.5) is 5.13 Å². The van der Waals surface area contributed by atoms with Crippen LogP contribution in [0.1, 0.15) is 27.9 Å². The SMILES string of the molecule is CCc1nc(NC(=O)c2cccc(Br)c2Cl)sc1C. The largest absolute Gasteiger partial charge is 0.298 e. The summed E-state index contributed by atoms with van der Waals surface area (Å²) in [7, 11) is 0. The number of halogens is 2. The highest BCUT2D eigenvalue weighted by Gasteiger charge is 2.15. The Morgan fingerprint density at radius 2 is 2.26 bits per heavy atom. The first-order valence-corrected chi connectivity index (χ1v) is 7.73. The number of hydrogen-bond acceptors (Lipinski definition) is 3. The van der Waals surface area contributed by atoms with E-state index in [4.69, 9.17) is 11.6 Å². The fourth-order valence-electron chi connectivity index (χ4n) is 1.65. The van der Waals surface area contributed by atoms with E-state index in [1.165, 1.54) is 11.3 Å². The first kappa shape index (κ1) is 14.5. The molecule has 0 fully saturated rings. The van der Waals surface area contributed by atoms with Crippen molar-refractivity contribution in [2.75, 3.05) is 5.32 Å². The summed E-state index contributed by atoms with van der Waals surface area (Å²) in [6.45, 7) is 4.04. The van der Waals surface area contributed by atoms with Crippen LogP contribution < -0.4 is 5.32 Å². The van der Waals surface area contributed by atoms with Crippen LogP contribution in [0.2, 0.25) is 5.02 Å². The number of amides is 1. The van der Waals surface area contributed by atoms with Crippen LogP contribution in [0.5, 0.6) is 0 Å². The van der Waals surface area contributed by atoms with Crippen molar-refractivity contribution in [1.82, 2.24) is 4.98 Å². The standard InChI is InChI=1S/C13H12BrClN2OS/c1-3-10-7(2)19-13(16-10)17-12(18)8-5-4-6-9(14)11(8)15/h4-6H,3H2,1-2H3,(H,16,17,18). The molecule has 0 unspecified atom stereocenters. The molecule has 3 nitrogen and oxygen atoms in total. The van der Waals surface area contributed by atoms with Gasteiger partial charge in [0.1, 0.15) is 0 Å². The van der Waals surface area contributed by atoms with Crippen molar-refractivity contribution in [2.45, 2.75) is 20.3 Å². The maximum atomic E-state index is 12.1. The van der Waals surface area contributed by atoms with E-state index in [1.807, 2.05) is 13.8 Å². The lowest BCUT2D eigenvalue weighted by Crippen LogP contribution is -2.12. The van der Waals surface area contributed by atoms with Gasteiger partial charge in [0.15, 0.2) is 5.13 Å². The lowest BCUT2D eigenvalue weighted by atomic mass is 10.2. The average molecular weight is 360 g/mol. The van der Waals surface area contributed by atoms with Gasteiger partial charge >= 0.3 is 0 Å². The summed E-state index contributed by atoms with van der Waals surface area (Å²) in [6, 6.07) is 5.25. The number of rotatable bonds is 3. The Kier molecular flexibility index (Phi) is 4.60.